The Bertz CT molecular complexity index is 299. The van der Waals surface area contributed by atoms with Gasteiger partial charge in [-0.1, -0.05) is 0 Å². The molecule has 88 valence electrons. The predicted molar refractivity (Wildman–Crippen MR) is 55.0 cm³/mol. The summed E-state index contributed by atoms with van der Waals surface area (Å²) in [6.45, 7) is 1.78. The fraction of sp³-hybridized carbons (Fsp3) is 1.00. The number of hydrogen-bond acceptors (Lipinski definition) is 4. The average Bonchev–Trinajstić information content (AvgIpc) is 2.67. The van der Waals surface area contributed by atoms with Crippen LogP contribution in [0.5, 0.6) is 0 Å². The Morgan fingerprint density at radius 1 is 1.20 bits per heavy atom. The minimum Gasteiger partial charge on any atom is -0.392 e. The molecular formula is C9H17NO4S. The number of β-amino-alcohol motifs (C(OH)–C–C–N with tert-alkyl or cyclic N) is 1. The van der Waals surface area contributed by atoms with E-state index in [1.807, 2.05) is 0 Å². The van der Waals surface area contributed by atoms with Crippen molar-refractivity contribution >= 4 is 10.0 Å². The van der Waals surface area contributed by atoms with E-state index in [1.54, 1.807) is 0 Å². The number of nitrogens with zero attached hydrogens (tertiary/aromatic N) is 1. The van der Waals surface area contributed by atoms with Crippen molar-refractivity contribution in [2.24, 2.45) is 0 Å². The second kappa shape index (κ2) is 4.37. The van der Waals surface area contributed by atoms with Gasteiger partial charge in [0.15, 0.2) is 0 Å². The van der Waals surface area contributed by atoms with Gasteiger partial charge in [0, 0.05) is 26.3 Å². The summed E-state index contributed by atoms with van der Waals surface area (Å²) in [7, 11) is -3.20. The first-order valence-electron chi connectivity index (χ1n) is 5.35. The molecule has 0 saturated carbocycles. The Labute approximate surface area is 90.1 Å². The molecule has 2 aliphatic rings. The third kappa shape index (κ3) is 2.33. The molecule has 0 aliphatic carbocycles. The summed E-state index contributed by atoms with van der Waals surface area (Å²) < 4.78 is 30.8. The van der Waals surface area contributed by atoms with E-state index in [0.717, 1.165) is 0 Å². The van der Waals surface area contributed by atoms with Crippen LogP contribution < -0.4 is 0 Å². The zero-order valence-electron chi connectivity index (χ0n) is 8.63. The number of hydrogen-bond donors (Lipinski definition) is 1. The van der Waals surface area contributed by atoms with Crippen LogP contribution in [0, 0.1) is 0 Å². The Hall–Kier alpha value is -0.170. The van der Waals surface area contributed by atoms with Gasteiger partial charge >= 0.3 is 0 Å². The second-order valence-corrected chi connectivity index (χ2v) is 6.37. The van der Waals surface area contributed by atoms with Crippen LogP contribution in [0.1, 0.15) is 19.3 Å². The standard InChI is InChI=1S/C9H17NO4S/c11-8-1-4-10(7-8)15(12,13)9-2-5-14-6-3-9/h8-9,11H,1-7H2. The summed E-state index contributed by atoms with van der Waals surface area (Å²) in [6.07, 6.45) is 1.23. The third-order valence-corrected chi connectivity index (χ3v) is 5.44. The minimum atomic E-state index is -3.20. The lowest BCUT2D eigenvalue weighted by Crippen LogP contribution is -2.40. The summed E-state index contributed by atoms with van der Waals surface area (Å²) in [5.41, 5.74) is 0. The summed E-state index contributed by atoms with van der Waals surface area (Å²) in [6, 6.07) is 0. The highest BCUT2D eigenvalue weighted by molar-refractivity contribution is 7.89. The Kier molecular flexibility index (Phi) is 3.30. The smallest absolute Gasteiger partial charge is 0.217 e. The molecule has 2 rings (SSSR count). The number of aliphatic hydroxyl groups excluding tert-OH is 1. The predicted octanol–water partition coefficient (Wildman–Crippen LogP) is -0.438. The molecule has 0 aromatic carbocycles. The van der Waals surface area contributed by atoms with Crippen LogP contribution in [0.4, 0.5) is 0 Å². The van der Waals surface area contributed by atoms with Gasteiger partial charge in [-0.3, -0.25) is 0 Å². The van der Waals surface area contributed by atoms with Crippen LogP contribution >= 0.6 is 0 Å². The molecule has 0 bridgehead atoms. The summed E-state index contributed by atoms with van der Waals surface area (Å²) in [5.74, 6) is 0. The Morgan fingerprint density at radius 3 is 2.40 bits per heavy atom. The van der Waals surface area contributed by atoms with Crippen molar-refractivity contribution in [2.75, 3.05) is 26.3 Å². The highest BCUT2D eigenvalue weighted by atomic mass is 32.2. The lowest BCUT2D eigenvalue weighted by molar-refractivity contribution is 0.0972. The molecule has 1 atom stereocenters. The molecule has 1 unspecified atom stereocenters. The van der Waals surface area contributed by atoms with E-state index in [-0.39, 0.29) is 11.8 Å². The largest absolute Gasteiger partial charge is 0.392 e. The highest BCUT2D eigenvalue weighted by Crippen LogP contribution is 2.23. The fourth-order valence-electron chi connectivity index (χ4n) is 2.13. The lowest BCUT2D eigenvalue weighted by Gasteiger charge is -2.26. The molecule has 2 fully saturated rings. The molecule has 0 radical (unpaired) electrons. The zero-order valence-corrected chi connectivity index (χ0v) is 9.45. The van der Waals surface area contributed by atoms with Crippen LogP contribution in [0.2, 0.25) is 0 Å². The van der Waals surface area contributed by atoms with Gasteiger partial charge < -0.3 is 9.84 Å². The van der Waals surface area contributed by atoms with Crippen molar-refractivity contribution in [3.8, 4) is 0 Å². The molecule has 15 heavy (non-hydrogen) atoms. The number of ether oxygens (including phenoxy) is 1. The maximum absolute atomic E-state index is 12.1. The number of rotatable bonds is 2. The number of aliphatic hydroxyl groups is 1. The van der Waals surface area contributed by atoms with E-state index in [2.05, 4.69) is 0 Å². The van der Waals surface area contributed by atoms with Crippen LogP contribution in [0.3, 0.4) is 0 Å². The summed E-state index contributed by atoms with van der Waals surface area (Å²) in [4.78, 5) is 0. The molecule has 2 saturated heterocycles. The monoisotopic (exact) mass is 235 g/mol. The normalized spacial score (nSPS) is 30.9. The van der Waals surface area contributed by atoms with Crippen LogP contribution in [-0.4, -0.2) is 55.5 Å². The van der Waals surface area contributed by atoms with Gasteiger partial charge in [0.25, 0.3) is 0 Å². The SMILES string of the molecule is O=S(=O)(C1CCOCC1)N1CCC(O)C1. The molecule has 2 heterocycles. The maximum Gasteiger partial charge on any atom is 0.217 e. The van der Waals surface area contributed by atoms with Gasteiger partial charge in [-0.25, -0.2) is 8.42 Å². The quantitative estimate of drug-likeness (QED) is 0.705. The molecule has 2 aliphatic heterocycles. The van der Waals surface area contributed by atoms with Crippen molar-refractivity contribution in [3.05, 3.63) is 0 Å². The van der Waals surface area contributed by atoms with Gasteiger partial charge in [-0.15, -0.1) is 0 Å². The summed E-state index contributed by atoms with van der Waals surface area (Å²) >= 11 is 0. The van der Waals surface area contributed by atoms with Crippen molar-refractivity contribution in [3.63, 3.8) is 0 Å². The first-order chi connectivity index (χ1) is 7.10. The van der Waals surface area contributed by atoms with E-state index in [1.165, 1.54) is 4.31 Å². The topological polar surface area (TPSA) is 66.8 Å². The molecule has 0 aromatic heterocycles. The molecule has 6 heteroatoms. The van der Waals surface area contributed by atoms with Crippen LogP contribution in [0.15, 0.2) is 0 Å². The highest BCUT2D eigenvalue weighted by Gasteiger charge is 2.36. The van der Waals surface area contributed by atoms with Gasteiger partial charge in [0.1, 0.15) is 0 Å². The van der Waals surface area contributed by atoms with Crippen molar-refractivity contribution in [2.45, 2.75) is 30.6 Å². The van der Waals surface area contributed by atoms with Gasteiger partial charge in [-0.2, -0.15) is 4.31 Å². The molecular weight excluding hydrogens is 218 g/mol. The van der Waals surface area contributed by atoms with Crippen molar-refractivity contribution in [1.82, 2.24) is 4.31 Å². The first kappa shape index (κ1) is 11.3. The molecule has 1 N–H and O–H groups in total. The van der Waals surface area contributed by atoms with Crippen molar-refractivity contribution in [1.29, 1.82) is 0 Å². The Morgan fingerprint density at radius 2 is 1.87 bits per heavy atom. The third-order valence-electron chi connectivity index (χ3n) is 3.08. The molecule has 0 amide bonds. The second-order valence-electron chi connectivity index (χ2n) is 4.16. The minimum absolute atomic E-state index is 0.264. The maximum atomic E-state index is 12.1. The van der Waals surface area contributed by atoms with E-state index >= 15 is 0 Å². The van der Waals surface area contributed by atoms with E-state index in [9.17, 15) is 13.5 Å². The van der Waals surface area contributed by atoms with E-state index < -0.39 is 16.1 Å². The molecule has 0 spiro atoms. The van der Waals surface area contributed by atoms with E-state index in [4.69, 9.17) is 4.74 Å². The zero-order chi connectivity index (χ0) is 10.9. The fourth-order valence-corrected chi connectivity index (χ4v) is 4.08. The summed E-state index contributed by atoms with van der Waals surface area (Å²) in [5, 5.41) is 9.02. The van der Waals surface area contributed by atoms with Crippen LogP contribution in [0.25, 0.3) is 0 Å². The average molecular weight is 235 g/mol. The van der Waals surface area contributed by atoms with Gasteiger partial charge in [0.2, 0.25) is 10.0 Å². The van der Waals surface area contributed by atoms with Gasteiger partial charge in [-0.05, 0) is 19.3 Å². The Balaban J connectivity index is 2.05. The number of sulfonamides is 1. The molecule has 0 aromatic rings. The van der Waals surface area contributed by atoms with Gasteiger partial charge in [0.05, 0.1) is 11.4 Å². The van der Waals surface area contributed by atoms with Crippen molar-refractivity contribution < 1.29 is 18.3 Å². The van der Waals surface area contributed by atoms with E-state index in [0.29, 0.717) is 39.0 Å². The molecule has 5 nitrogen and oxygen atoms in total. The van der Waals surface area contributed by atoms with Crippen LogP contribution in [-0.2, 0) is 14.8 Å². The first-order valence-corrected chi connectivity index (χ1v) is 6.86. The lowest BCUT2D eigenvalue weighted by atomic mass is 10.2.